The van der Waals surface area contributed by atoms with E-state index in [0.29, 0.717) is 5.56 Å². The number of nitrogens with one attached hydrogen (secondary N) is 2. The third-order valence-electron chi connectivity index (χ3n) is 8.56. The summed E-state index contributed by atoms with van der Waals surface area (Å²) < 4.78 is 5.28. The van der Waals surface area contributed by atoms with Crippen LogP contribution in [0.4, 0.5) is 17.1 Å². The van der Waals surface area contributed by atoms with Gasteiger partial charge in [-0.2, -0.15) is 0 Å². The maximum Gasteiger partial charge on any atom is 0.256 e. The highest BCUT2D eigenvalue weighted by molar-refractivity contribution is 6.08. The van der Waals surface area contributed by atoms with E-state index >= 15 is 0 Å². The summed E-state index contributed by atoms with van der Waals surface area (Å²) in [7, 11) is 1.64. The molecule has 1 fully saturated rings. The zero-order valence-electron chi connectivity index (χ0n) is 25.4. The van der Waals surface area contributed by atoms with Crippen molar-refractivity contribution in [2.24, 2.45) is 5.92 Å². The Kier molecular flexibility index (Phi) is 9.21. The number of hydrogen-bond donors (Lipinski definition) is 2. The fourth-order valence-corrected chi connectivity index (χ4v) is 6.19. The number of rotatable bonds is 9. The molecule has 0 radical (unpaired) electrons. The number of carbonyl (C=O) groups is 2. The van der Waals surface area contributed by atoms with E-state index in [9.17, 15) is 9.59 Å². The second-order valence-electron chi connectivity index (χ2n) is 11.3. The van der Waals surface area contributed by atoms with Crippen molar-refractivity contribution in [3.8, 4) is 16.9 Å². The van der Waals surface area contributed by atoms with Gasteiger partial charge in [0.05, 0.1) is 13.0 Å². The third-order valence-corrected chi connectivity index (χ3v) is 8.56. The Labute approximate surface area is 264 Å². The smallest absolute Gasteiger partial charge is 0.256 e. The molecule has 1 atom stereocenters. The molecule has 0 saturated carbocycles. The number of methoxy groups -OCH3 is 1. The van der Waals surface area contributed by atoms with Crippen molar-refractivity contribution in [1.82, 2.24) is 0 Å². The van der Waals surface area contributed by atoms with Crippen molar-refractivity contribution < 1.29 is 14.3 Å². The van der Waals surface area contributed by atoms with E-state index in [2.05, 4.69) is 39.8 Å². The Morgan fingerprint density at radius 2 is 1.29 bits per heavy atom. The normalized spacial score (nSPS) is 13.9. The van der Waals surface area contributed by atoms with Crippen LogP contribution in [0.1, 0.15) is 34.7 Å². The Bertz CT molecular complexity index is 1710. The van der Waals surface area contributed by atoms with Crippen LogP contribution in [0.25, 0.3) is 11.1 Å². The summed E-state index contributed by atoms with van der Waals surface area (Å²) in [4.78, 5) is 29.2. The van der Waals surface area contributed by atoms with Gasteiger partial charge in [-0.05, 0) is 90.0 Å². The molecule has 1 saturated heterocycles. The van der Waals surface area contributed by atoms with Gasteiger partial charge < -0.3 is 20.3 Å². The number of carbonyl (C=O) groups excluding carboxylic acids is 2. The maximum absolute atomic E-state index is 13.6. The van der Waals surface area contributed by atoms with Crippen molar-refractivity contribution in [3.05, 3.63) is 145 Å². The number of hydrogen-bond acceptors (Lipinski definition) is 4. The van der Waals surface area contributed by atoms with Gasteiger partial charge in [-0.25, -0.2) is 0 Å². The predicted octanol–water partition coefficient (Wildman–Crippen LogP) is 8.25. The highest BCUT2D eigenvalue weighted by Gasteiger charge is 2.33. The van der Waals surface area contributed by atoms with Gasteiger partial charge in [0.2, 0.25) is 5.91 Å². The van der Waals surface area contributed by atoms with E-state index in [1.165, 1.54) is 0 Å². The van der Waals surface area contributed by atoms with Crippen LogP contribution in [0.15, 0.2) is 133 Å². The van der Waals surface area contributed by atoms with Gasteiger partial charge in [-0.1, -0.05) is 78.9 Å². The van der Waals surface area contributed by atoms with Crippen molar-refractivity contribution >= 4 is 28.9 Å². The van der Waals surface area contributed by atoms with Crippen molar-refractivity contribution in [1.29, 1.82) is 0 Å². The number of nitrogens with zero attached hydrogens (tertiary/aromatic N) is 1. The predicted molar refractivity (Wildman–Crippen MR) is 182 cm³/mol. The van der Waals surface area contributed by atoms with Crippen LogP contribution in [0.5, 0.6) is 5.75 Å². The number of piperidine rings is 1. The minimum absolute atomic E-state index is 0.0412. The lowest BCUT2D eigenvalue weighted by Crippen LogP contribution is -2.38. The topological polar surface area (TPSA) is 70.7 Å². The average molecular weight is 596 g/mol. The summed E-state index contributed by atoms with van der Waals surface area (Å²) in [6.07, 6.45) is 1.81. The van der Waals surface area contributed by atoms with Crippen LogP contribution >= 0.6 is 0 Å². The van der Waals surface area contributed by atoms with E-state index in [0.717, 1.165) is 65.4 Å². The van der Waals surface area contributed by atoms with E-state index < -0.39 is 0 Å². The monoisotopic (exact) mass is 595 g/mol. The molecule has 2 N–H and O–H groups in total. The molecule has 6 rings (SSSR count). The van der Waals surface area contributed by atoms with Gasteiger partial charge in [0, 0.05) is 35.7 Å². The van der Waals surface area contributed by atoms with E-state index in [4.69, 9.17) is 4.74 Å². The lowest BCUT2D eigenvalue weighted by atomic mass is 9.79. The fourth-order valence-electron chi connectivity index (χ4n) is 6.19. The number of ether oxygens (including phenoxy) is 1. The lowest BCUT2D eigenvalue weighted by molar-refractivity contribution is -0.119. The van der Waals surface area contributed by atoms with Gasteiger partial charge >= 0.3 is 0 Å². The number of benzene rings is 5. The quantitative estimate of drug-likeness (QED) is 0.180. The van der Waals surface area contributed by atoms with E-state index in [-0.39, 0.29) is 23.7 Å². The second kappa shape index (κ2) is 14.0. The zero-order chi connectivity index (χ0) is 31.0. The van der Waals surface area contributed by atoms with Crippen LogP contribution < -0.4 is 20.3 Å². The van der Waals surface area contributed by atoms with E-state index in [1.807, 2.05) is 109 Å². The first-order valence-electron chi connectivity index (χ1n) is 15.4. The molecule has 0 aromatic heterocycles. The molecule has 0 bridgehead atoms. The fraction of sp³-hybridized carbons (Fsp3) is 0.179. The second-order valence-corrected chi connectivity index (χ2v) is 11.3. The minimum atomic E-state index is -0.216. The lowest BCUT2D eigenvalue weighted by Gasteiger charge is -2.37. The summed E-state index contributed by atoms with van der Waals surface area (Å²) in [5.41, 5.74) is 6.14. The van der Waals surface area contributed by atoms with Gasteiger partial charge in [0.15, 0.2) is 0 Å². The molecular weight excluding hydrogens is 558 g/mol. The highest BCUT2D eigenvalue weighted by atomic mass is 16.5. The summed E-state index contributed by atoms with van der Waals surface area (Å²) in [5.74, 6) is 0.674. The molecule has 1 aliphatic rings. The number of anilines is 3. The van der Waals surface area contributed by atoms with Crippen LogP contribution in [-0.2, 0) is 4.79 Å². The third kappa shape index (κ3) is 7.07. The first-order valence-corrected chi connectivity index (χ1v) is 15.4. The van der Waals surface area contributed by atoms with Crippen molar-refractivity contribution in [2.45, 2.75) is 18.8 Å². The number of amides is 2. The Morgan fingerprint density at radius 3 is 1.96 bits per heavy atom. The van der Waals surface area contributed by atoms with E-state index in [1.54, 1.807) is 7.11 Å². The van der Waals surface area contributed by atoms with Gasteiger partial charge in [0.25, 0.3) is 5.91 Å². The molecular formula is C39H37N3O3. The van der Waals surface area contributed by atoms with Crippen molar-refractivity contribution in [2.75, 3.05) is 35.7 Å². The van der Waals surface area contributed by atoms with Gasteiger partial charge in [-0.15, -0.1) is 0 Å². The number of para-hydroxylation sites is 1. The SMILES string of the molecule is COc1ccc(-c2ccccc2C(=O)Nc2ccc(N3CCC(C(C(=O)Nc4ccccc4)c4ccccc4)CC3)cc2)cc1. The largest absolute Gasteiger partial charge is 0.497 e. The summed E-state index contributed by atoms with van der Waals surface area (Å²) in [6, 6.07) is 43.1. The summed E-state index contributed by atoms with van der Waals surface area (Å²) in [6.45, 7) is 1.71. The Balaban J connectivity index is 1.10. The highest BCUT2D eigenvalue weighted by Crippen LogP contribution is 2.35. The molecule has 6 heteroatoms. The van der Waals surface area contributed by atoms with Crippen LogP contribution in [-0.4, -0.2) is 32.0 Å². The molecule has 0 spiro atoms. The Hall–Kier alpha value is -5.36. The molecule has 2 amide bonds. The Morgan fingerprint density at radius 1 is 0.689 bits per heavy atom. The molecule has 1 heterocycles. The minimum Gasteiger partial charge on any atom is -0.497 e. The van der Waals surface area contributed by atoms with Gasteiger partial charge in [-0.3, -0.25) is 9.59 Å². The van der Waals surface area contributed by atoms with Crippen LogP contribution in [0, 0.1) is 5.92 Å². The van der Waals surface area contributed by atoms with Crippen LogP contribution in [0.3, 0.4) is 0 Å². The summed E-state index contributed by atoms with van der Waals surface area (Å²) >= 11 is 0. The standard InChI is InChI=1S/C39H37N3O3/c1-45-34-22-16-28(17-23-34)35-14-8-9-15-36(35)38(43)40-32-18-20-33(21-19-32)42-26-24-30(25-27-42)37(29-10-4-2-5-11-29)39(44)41-31-12-6-3-7-13-31/h2-23,30,37H,24-27H2,1H3,(H,40,43)(H,41,44). The average Bonchev–Trinajstić information content (AvgIpc) is 3.10. The van der Waals surface area contributed by atoms with Gasteiger partial charge in [0.1, 0.15) is 5.75 Å². The molecule has 1 unspecified atom stereocenters. The zero-order valence-corrected chi connectivity index (χ0v) is 25.4. The molecule has 1 aliphatic heterocycles. The summed E-state index contributed by atoms with van der Waals surface area (Å²) in [5, 5.41) is 6.21. The molecule has 5 aromatic carbocycles. The first kappa shape index (κ1) is 29.7. The molecule has 6 nitrogen and oxygen atoms in total. The first-order chi connectivity index (χ1) is 22.1. The molecule has 226 valence electrons. The van der Waals surface area contributed by atoms with Crippen molar-refractivity contribution in [3.63, 3.8) is 0 Å². The molecule has 45 heavy (non-hydrogen) atoms. The maximum atomic E-state index is 13.6. The molecule has 0 aliphatic carbocycles. The van der Waals surface area contributed by atoms with Crippen LogP contribution in [0.2, 0.25) is 0 Å². The molecule has 5 aromatic rings.